The standard InChI is InChI=1S/C15H23BrFN/c1-4-5-6-11(2)15(18-3)10-12-9-13(16)7-8-14(12)17/h7-9,11,15,18H,4-6,10H2,1-3H3. The molecule has 1 N–H and O–H groups in total. The molecule has 1 aromatic carbocycles. The zero-order valence-electron chi connectivity index (χ0n) is 11.5. The molecular formula is C15H23BrFN. The molecule has 0 saturated carbocycles. The third-order valence-electron chi connectivity index (χ3n) is 3.52. The fourth-order valence-corrected chi connectivity index (χ4v) is 2.66. The number of rotatable bonds is 7. The van der Waals surface area contributed by atoms with E-state index in [1.807, 2.05) is 13.1 Å². The zero-order chi connectivity index (χ0) is 13.5. The maximum atomic E-state index is 13.7. The second-order valence-electron chi connectivity index (χ2n) is 4.95. The van der Waals surface area contributed by atoms with E-state index in [4.69, 9.17) is 0 Å². The van der Waals surface area contributed by atoms with E-state index in [0.717, 1.165) is 16.5 Å². The average Bonchev–Trinajstić information content (AvgIpc) is 2.36. The van der Waals surface area contributed by atoms with Crippen molar-refractivity contribution in [2.75, 3.05) is 7.05 Å². The molecule has 0 radical (unpaired) electrons. The molecule has 0 amide bonds. The van der Waals surface area contributed by atoms with Gasteiger partial charge >= 0.3 is 0 Å². The lowest BCUT2D eigenvalue weighted by Crippen LogP contribution is -2.34. The van der Waals surface area contributed by atoms with Crippen molar-refractivity contribution < 1.29 is 4.39 Å². The van der Waals surface area contributed by atoms with Gasteiger partial charge in [0.05, 0.1) is 0 Å². The molecule has 1 aromatic rings. The second-order valence-corrected chi connectivity index (χ2v) is 5.87. The molecule has 0 aromatic heterocycles. The minimum atomic E-state index is -0.110. The average molecular weight is 316 g/mol. The summed E-state index contributed by atoms with van der Waals surface area (Å²) in [4.78, 5) is 0. The van der Waals surface area contributed by atoms with Gasteiger partial charge in [-0.25, -0.2) is 4.39 Å². The molecule has 0 aliphatic carbocycles. The van der Waals surface area contributed by atoms with Crippen LogP contribution in [0.25, 0.3) is 0 Å². The number of benzene rings is 1. The first-order chi connectivity index (χ1) is 8.58. The van der Waals surface area contributed by atoms with Gasteiger partial charge in [-0.15, -0.1) is 0 Å². The Balaban J connectivity index is 2.69. The maximum absolute atomic E-state index is 13.7. The summed E-state index contributed by atoms with van der Waals surface area (Å²) in [6.45, 7) is 4.45. The van der Waals surface area contributed by atoms with Crippen LogP contribution in [0, 0.1) is 11.7 Å². The predicted octanol–water partition coefficient (Wildman–Crippen LogP) is 4.55. The van der Waals surface area contributed by atoms with Crippen LogP contribution in [0.5, 0.6) is 0 Å². The normalized spacial score (nSPS) is 14.5. The van der Waals surface area contributed by atoms with Gasteiger partial charge in [0.15, 0.2) is 0 Å². The van der Waals surface area contributed by atoms with E-state index in [9.17, 15) is 4.39 Å². The minimum absolute atomic E-state index is 0.110. The van der Waals surface area contributed by atoms with E-state index in [2.05, 4.69) is 35.1 Å². The van der Waals surface area contributed by atoms with Gasteiger partial charge in [-0.1, -0.05) is 42.6 Å². The van der Waals surface area contributed by atoms with E-state index in [1.165, 1.54) is 25.3 Å². The van der Waals surface area contributed by atoms with E-state index in [1.54, 1.807) is 6.07 Å². The molecule has 0 aliphatic rings. The third-order valence-corrected chi connectivity index (χ3v) is 4.01. The van der Waals surface area contributed by atoms with E-state index < -0.39 is 0 Å². The Hall–Kier alpha value is -0.410. The van der Waals surface area contributed by atoms with Crippen LogP contribution in [0.2, 0.25) is 0 Å². The molecule has 0 aliphatic heterocycles. The van der Waals surface area contributed by atoms with E-state index >= 15 is 0 Å². The lowest BCUT2D eigenvalue weighted by Gasteiger charge is -2.24. The van der Waals surface area contributed by atoms with Crippen molar-refractivity contribution in [1.29, 1.82) is 0 Å². The van der Waals surface area contributed by atoms with Crippen molar-refractivity contribution in [1.82, 2.24) is 5.32 Å². The highest BCUT2D eigenvalue weighted by atomic mass is 79.9. The van der Waals surface area contributed by atoms with Gasteiger partial charge in [0, 0.05) is 10.5 Å². The van der Waals surface area contributed by atoms with Crippen LogP contribution < -0.4 is 5.32 Å². The van der Waals surface area contributed by atoms with Gasteiger partial charge in [0.1, 0.15) is 5.82 Å². The molecule has 0 fully saturated rings. The van der Waals surface area contributed by atoms with Gasteiger partial charge in [-0.3, -0.25) is 0 Å². The summed E-state index contributed by atoms with van der Waals surface area (Å²) in [6, 6.07) is 5.49. The van der Waals surface area contributed by atoms with Gasteiger partial charge in [0.25, 0.3) is 0 Å². The molecule has 0 heterocycles. The molecule has 0 saturated heterocycles. The van der Waals surface area contributed by atoms with Crippen molar-refractivity contribution in [2.24, 2.45) is 5.92 Å². The highest BCUT2D eigenvalue weighted by Crippen LogP contribution is 2.21. The molecule has 3 heteroatoms. The summed E-state index contributed by atoms with van der Waals surface area (Å²) < 4.78 is 14.7. The van der Waals surface area contributed by atoms with E-state index in [0.29, 0.717) is 12.0 Å². The first-order valence-corrected chi connectivity index (χ1v) is 7.49. The largest absolute Gasteiger partial charge is 0.316 e. The van der Waals surface area contributed by atoms with E-state index in [-0.39, 0.29) is 5.82 Å². The SMILES string of the molecule is CCCCC(C)C(Cc1cc(Br)ccc1F)NC. The lowest BCUT2D eigenvalue weighted by atomic mass is 9.91. The summed E-state index contributed by atoms with van der Waals surface area (Å²) in [6.07, 6.45) is 4.39. The number of hydrogen-bond acceptors (Lipinski definition) is 1. The first kappa shape index (κ1) is 15.6. The molecule has 2 atom stereocenters. The smallest absolute Gasteiger partial charge is 0.126 e. The van der Waals surface area contributed by atoms with Crippen LogP contribution >= 0.6 is 15.9 Å². The summed E-state index contributed by atoms with van der Waals surface area (Å²) in [5, 5.41) is 3.32. The number of hydrogen-bond donors (Lipinski definition) is 1. The molecule has 1 nitrogen and oxygen atoms in total. The Bertz CT molecular complexity index is 368. The van der Waals surface area contributed by atoms with Gasteiger partial charge in [-0.05, 0) is 49.6 Å². The Morgan fingerprint density at radius 2 is 2.11 bits per heavy atom. The highest BCUT2D eigenvalue weighted by Gasteiger charge is 2.17. The van der Waals surface area contributed by atoms with Crippen molar-refractivity contribution in [3.8, 4) is 0 Å². The Morgan fingerprint density at radius 1 is 1.39 bits per heavy atom. The molecular weight excluding hydrogens is 293 g/mol. The third kappa shape index (κ3) is 4.69. The number of unbranched alkanes of at least 4 members (excludes halogenated alkanes) is 1. The highest BCUT2D eigenvalue weighted by molar-refractivity contribution is 9.10. The lowest BCUT2D eigenvalue weighted by molar-refractivity contribution is 0.362. The Morgan fingerprint density at radius 3 is 2.72 bits per heavy atom. The second kappa shape index (κ2) is 7.90. The van der Waals surface area contributed by atoms with Gasteiger partial charge in [-0.2, -0.15) is 0 Å². The minimum Gasteiger partial charge on any atom is -0.316 e. The fraction of sp³-hybridized carbons (Fsp3) is 0.600. The number of halogens is 2. The van der Waals surface area contributed by atoms with Crippen molar-refractivity contribution in [3.63, 3.8) is 0 Å². The molecule has 2 unspecified atom stereocenters. The molecule has 0 bridgehead atoms. The molecule has 18 heavy (non-hydrogen) atoms. The van der Waals surface area contributed by atoms with Crippen LogP contribution in [0.15, 0.2) is 22.7 Å². The van der Waals surface area contributed by atoms with Crippen LogP contribution in [-0.4, -0.2) is 13.1 Å². The maximum Gasteiger partial charge on any atom is 0.126 e. The first-order valence-electron chi connectivity index (χ1n) is 6.69. The molecule has 102 valence electrons. The summed E-state index contributed by atoms with van der Waals surface area (Å²) in [7, 11) is 1.96. The van der Waals surface area contributed by atoms with Crippen LogP contribution in [0.4, 0.5) is 4.39 Å². The zero-order valence-corrected chi connectivity index (χ0v) is 13.1. The quantitative estimate of drug-likeness (QED) is 0.778. The monoisotopic (exact) mass is 315 g/mol. The van der Waals surface area contributed by atoms with Gasteiger partial charge in [0.2, 0.25) is 0 Å². The van der Waals surface area contributed by atoms with Gasteiger partial charge < -0.3 is 5.32 Å². The molecule has 1 rings (SSSR count). The molecule has 0 spiro atoms. The summed E-state index contributed by atoms with van der Waals surface area (Å²) >= 11 is 3.40. The number of nitrogens with one attached hydrogen (secondary N) is 1. The van der Waals surface area contributed by atoms with Crippen molar-refractivity contribution in [2.45, 2.75) is 45.6 Å². The Labute approximate surface area is 118 Å². The Kier molecular flexibility index (Phi) is 6.87. The van der Waals surface area contributed by atoms with Crippen molar-refractivity contribution >= 4 is 15.9 Å². The van der Waals surface area contributed by atoms with Crippen LogP contribution in [0.3, 0.4) is 0 Å². The van der Waals surface area contributed by atoms with Crippen molar-refractivity contribution in [3.05, 3.63) is 34.1 Å². The fourth-order valence-electron chi connectivity index (χ4n) is 2.25. The number of likely N-dealkylation sites (N-methyl/N-ethyl adjacent to an activating group) is 1. The summed E-state index contributed by atoms with van der Waals surface area (Å²) in [5.74, 6) is 0.453. The van der Waals surface area contributed by atoms with Crippen LogP contribution in [-0.2, 0) is 6.42 Å². The van der Waals surface area contributed by atoms with Crippen LogP contribution in [0.1, 0.15) is 38.7 Å². The predicted molar refractivity (Wildman–Crippen MR) is 79.3 cm³/mol. The topological polar surface area (TPSA) is 12.0 Å². The summed E-state index contributed by atoms with van der Waals surface area (Å²) in [5.41, 5.74) is 0.784.